The molecule has 3 rings (SSSR count). The Morgan fingerprint density at radius 3 is 2.57 bits per heavy atom. The van der Waals surface area contributed by atoms with Crippen LogP contribution >= 0.6 is 0 Å². The van der Waals surface area contributed by atoms with E-state index in [2.05, 4.69) is 5.32 Å². The van der Waals surface area contributed by atoms with E-state index in [0.717, 1.165) is 0 Å². The van der Waals surface area contributed by atoms with Gasteiger partial charge in [0.15, 0.2) is 11.5 Å². The number of benzene rings is 1. The van der Waals surface area contributed by atoms with E-state index in [4.69, 9.17) is 9.47 Å². The summed E-state index contributed by atoms with van der Waals surface area (Å²) < 4.78 is 10.4. The van der Waals surface area contributed by atoms with Gasteiger partial charge in [0.25, 0.3) is 0 Å². The number of hydrogen-bond acceptors (Lipinski definition) is 5. The number of amides is 1. The molecule has 0 saturated carbocycles. The van der Waals surface area contributed by atoms with Crippen LogP contribution in [0.1, 0.15) is 12.8 Å². The van der Waals surface area contributed by atoms with Crippen molar-refractivity contribution in [2.24, 2.45) is 11.8 Å². The number of anilines is 1. The number of hydrogen-bond donors (Lipinski definition) is 1. The summed E-state index contributed by atoms with van der Waals surface area (Å²) in [6.07, 6.45) is 4.31. The van der Waals surface area contributed by atoms with Gasteiger partial charge < -0.3 is 24.7 Å². The Kier molecular flexibility index (Phi) is 3.51. The lowest BCUT2D eigenvalue weighted by Gasteiger charge is -2.28. The van der Waals surface area contributed by atoms with Crippen molar-refractivity contribution in [3.05, 3.63) is 30.4 Å². The van der Waals surface area contributed by atoms with Crippen LogP contribution in [0.3, 0.4) is 0 Å². The summed E-state index contributed by atoms with van der Waals surface area (Å²) >= 11 is 0. The van der Waals surface area contributed by atoms with Crippen LogP contribution in [0, 0.1) is 11.8 Å². The Hall–Kier alpha value is -2.50. The third-order valence-corrected chi connectivity index (χ3v) is 3.71. The highest BCUT2D eigenvalue weighted by Crippen LogP contribution is 2.35. The van der Waals surface area contributed by atoms with Gasteiger partial charge in [-0.3, -0.25) is 4.79 Å². The molecular formula is C15H14NO5-. The number of nitrogens with one attached hydrogen (secondary N) is 1. The van der Waals surface area contributed by atoms with E-state index in [0.29, 0.717) is 30.0 Å². The number of ether oxygens (including phenoxy) is 2. The summed E-state index contributed by atoms with van der Waals surface area (Å²) in [5.74, 6) is -1.74. The number of aliphatic carboxylic acids is 1. The summed E-state index contributed by atoms with van der Waals surface area (Å²) in [5, 5.41) is 13.8. The zero-order valence-electron chi connectivity index (χ0n) is 11.2. The van der Waals surface area contributed by atoms with Crippen LogP contribution in [0.5, 0.6) is 11.5 Å². The van der Waals surface area contributed by atoms with Crippen molar-refractivity contribution >= 4 is 17.6 Å². The Morgan fingerprint density at radius 1 is 1.10 bits per heavy atom. The molecule has 1 N–H and O–H groups in total. The van der Waals surface area contributed by atoms with Gasteiger partial charge in [-0.1, -0.05) is 12.2 Å². The maximum atomic E-state index is 12.3. The number of rotatable bonds is 3. The molecule has 0 unspecified atom stereocenters. The van der Waals surface area contributed by atoms with Crippen molar-refractivity contribution in [2.45, 2.75) is 12.8 Å². The molecule has 1 amide bonds. The lowest BCUT2D eigenvalue weighted by atomic mass is 9.82. The zero-order valence-corrected chi connectivity index (χ0v) is 11.2. The van der Waals surface area contributed by atoms with Gasteiger partial charge in [0, 0.05) is 23.6 Å². The van der Waals surface area contributed by atoms with Gasteiger partial charge in [-0.25, -0.2) is 0 Å². The fourth-order valence-electron chi connectivity index (χ4n) is 2.57. The molecule has 1 aliphatic carbocycles. The fourth-order valence-corrected chi connectivity index (χ4v) is 2.57. The van der Waals surface area contributed by atoms with Crippen molar-refractivity contribution in [1.82, 2.24) is 0 Å². The molecule has 2 aliphatic rings. The maximum absolute atomic E-state index is 12.3. The van der Waals surface area contributed by atoms with Crippen LogP contribution in [-0.2, 0) is 9.59 Å². The van der Waals surface area contributed by atoms with E-state index in [1.807, 2.05) is 6.08 Å². The average molecular weight is 288 g/mol. The first-order valence-corrected chi connectivity index (χ1v) is 6.71. The Balaban J connectivity index is 1.73. The second-order valence-electron chi connectivity index (χ2n) is 5.03. The minimum Gasteiger partial charge on any atom is -0.550 e. The van der Waals surface area contributed by atoms with Gasteiger partial charge >= 0.3 is 0 Å². The second-order valence-corrected chi connectivity index (χ2v) is 5.03. The summed E-state index contributed by atoms with van der Waals surface area (Å²) in [7, 11) is 0. The third kappa shape index (κ3) is 2.69. The number of allylic oxidation sites excluding steroid dienone is 2. The lowest BCUT2D eigenvalue weighted by molar-refractivity contribution is -0.313. The zero-order chi connectivity index (χ0) is 14.8. The van der Waals surface area contributed by atoms with Gasteiger partial charge in [0.05, 0.1) is 5.92 Å². The van der Waals surface area contributed by atoms with E-state index in [1.165, 1.54) is 0 Å². The van der Waals surface area contributed by atoms with Gasteiger partial charge in [0.2, 0.25) is 12.7 Å². The predicted molar refractivity (Wildman–Crippen MR) is 71.6 cm³/mol. The highest BCUT2D eigenvalue weighted by atomic mass is 16.7. The Morgan fingerprint density at radius 2 is 1.81 bits per heavy atom. The summed E-state index contributed by atoms with van der Waals surface area (Å²) in [6, 6.07) is 5.06. The Bertz CT molecular complexity index is 610. The molecule has 1 aliphatic heterocycles. The smallest absolute Gasteiger partial charge is 0.231 e. The van der Waals surface area contributed by atoms with E-state index in [9.17, 15) is 14.7 Å². The normalized spacial score (nSPS) is 22.9. The maximum Gasteiger partial charge on any atom is 0.231 e. The predicted octanol–water partition coefficient (Wildman–Crippen LogP) is 0.686. The van der Waals surface area contributed by atoms with Crippen LogP contribution in [0.25, 0.3) is 0 Å². The largest absolute Gasteiger partial charge is 0.550 e. The number of carbonyl (C=O) groups excluding carboxylic acids is 2. The molecule has 110 valence electrons. The molecule has 0 fully saturated rings. The molecule has 0 radical (unpaired) electrons. The quantitative estimate of drug-likeness (QED) is 0.827. The molecule has 2 atom stereocenters. The van der Waals surface area contributed by atoms with Gasteiger partial charge in [-0.05, 0) is 25.0 Å². The monoisotopic (exact) mass is 288 g/mol. The molecule has 1 aromatic carbocycles. The van der Waals surface area contributed by atoms with Crippen molar-refractivity contribution in [1.29, 1.82) is 0 Å². The average Bonchev–Trinajstić information content (AvgIpc) is 2.94. The fraction of sp³-hybridized carbons (Fsp3) is 0.333. The van der Waals surface area contributed by atoms with Gasteiger partial charge in [0.1, 0.15) is 0 Å². The van der Waals surface area contributed by atoms with Gasteiger partial charge in [-0.15, -0.1) is 0 Å². The van der Waals surface area contributed by atoms with E-state index >= 15 is 0 Å². The van der Waals surface area contributed by atoms with Crippen LogP contribution in [-0.4, -0.2) is 18.7 Å². The molecule has 0 bridgehead atoms. The molecule has 1 aromatic rings. The number of carboxylic acid groups (broad SMARTS) is 1. The first-order chi connectivity index (χ1) is 10.1. The SMILES string of the molecule is O=C([O-])[C@@H]1CC=CC[C@H]1C(=O)Nc1ccc2c(c1)OCO2. The number of carbonyl (C=O) groups is 2. The van der Waals surface area contributed by atoms with E-state index < -0.39 is 17.8 Å². The van der Waals surface area contributed by atoms with Crippen LogP contribution in [0.15, 0.2) is 30.4 Å². The van der Waals surface area contributed by atoms with Gasteiger partial charge in [-0.2, -0.15) is 0 Å². The summed E-state index contributed by atoms with van der Waals surface area (Å²) in [5.41, 5.74) is 0.552. The third-order valence-electron chi connectivity index (χ3n) is 3.71. The molecule has 0 spiro atoms. The molecule has 6 nitrogen and oxygen atoms in total. The molecule has 6 heteroatoms. The van der Waals surface area contributed by atoms with E-state index in [-0.39, 0.29) is 12.7 Å². The van der Waals surface area contributed by atoms with E-state index in [1.54, 1.807) is 24.3 Å². The number of carboxylic acids is 1. The molecule has 21 heavy (non-hydrogen) atoms. The molecule has 0 aromatic heterocycles. The topological polar surface area (TPSA) is 87.7 Å². The first-order valence-electron chi connectivity index (χ1n) is 6.71. The van der Waals surface area contributed by atoms with Crippen LogP contribution < -0.4 is 19.9 Å². The minimum absolute atomic E-state index is 0.160. The van der Waals surface area contributed by atoms with Crippen molar-refractivity contribution < 1.29 is 24.2 Å². The standard InChI is InChI=1S/C15H15NO5/c17-14(10-3-1-2-4-11(10)15(18)19)16-9-5-6-12-13(7-9)21-8-20-12/h1-2,5-7,10-11H,3-4,8H2,(H,16,17)(H,18,19)/p-1/t10-,11-/m1/s1. The Labute approximate surface area is 121 Å². The highest BCUT2D eigenvalue weighted by molar-refractivity contribution is 5.95. The lowest BCUT2D eigenvalue weighted by Crippen LogP contribution is -2.41. The summed E-state index contributed by atoms with van der Waals surface area (Å²) in [4.78, 5) is 23.4. The first kappa shape index (κ1) is 13.5. The van der Waals surface area contributed by atoms with Crippen LogP contribution in [0.2, 0.25) is 0 Å². The highest BCUT2D eigenvalue weighted by Gasteiger charge is 2.30. The molecular weight excluding hydrogens is 274 g/mol. The summed E-state index contributed by atoms with van der Waals surface area (Å²) in [6.45, 7) is 0.160. The molecule has 0 saturated heterocycles. The molecule has 1 heterocycles. The van der Waals surface area contributed by atoms with Crippen molar-refractivity contribution in [3.63, 3.8) is 0 Å². The second kappa shape index (κ2) is 5.47. The van der Waals surface area contributed by atoms with Crippen LogP contribution in [0.4, 0.5) is 5.69 Å². The van der Waals surface area contributed by atoms with Crippen molar-refractivity contribution in [3.8, 4) is 11.5 Å². The number of fused-ring (bicyclic) bond motifs is 1. The van der Waals surface area contributed by atoms with Crippen molar-refractivity contribution in [2.75, 3.05) is 12.1 Å². The minimum atomic E-state index is -1.19.